The van der Waals surface area contributed by atoms with Crippen LogP contribution in [0.5, 0.6) is 0 Å². The summed E-state index contributed by atoms with van der Waals surface area (Å²) in [6, 6.07) is 70.2. The topological polar surface area (TPSA) is 50.8 Å². The van der Waals surface area contributed by atoms with E-state index in [4.69, 9.17) is 0 Å². The molecule has 3 heteroatoms. The maximum atomic E-state index is 9.32. The summed E-state index contributed by atoms with van der Waals surface area (Å²) in [5, 5.41) is 25.4. The Kier molecular flexibility index (Phi) is 7.94. The van der Waals surface area contributed by atoms with Crippen molar-refractivity contribution in [3.63, 3.8) is 0 Å². The van der Waals surface area contributed by atoms with Crippen LogP contribution in [0.4, 0.5) is 17.1 Å². The Morgan fingerprint density at radius 3 is 0.981 bits per heavy atom. The normalized spacial score (nSPS) is 11.0. The van der Waals surface area contributed by atoms with Crippen LogP contribution >= 0.6 is 0 Å². The lowest BCUT2D eigenvalue weighted by molar-refractivity contribution is 1.28. The second-order valence-corrected chi connectivity index (χ2v) is 13.3. The Labute approximate surface area is 308 Å². The third-order valence-corrected chi connectivity index (χ3v) is 10.1. The zero-order valence-corrected chi connectivity index (χ0v) is 28.7. The van der Waals surface area contributed by atoms with Crippen LogP contribution in [0.3, 0.4) is 0 Å². The lowest BCUT2D eigenvalue weighted by atomic mass is 9.99. The molecule has 9 aromatic rings. The van der Waals surface area contributed by atoms with Gasteiger partial charge < -0.3 is 4.90 Å². The molecule has 9 rings (SSSR count). The number of hydrogen-bond acceptors (Lipinski definition) is 3. The molecule has 0 aliphatic rings. The van der Waals surface area contributed by atoms with E-state index in [9.17, 15) is 10.5 Å². The first-order valence-electron chi connectivity index (χ1n) is 17.6. The average molecular weight is 674 g/mol. The first kappa shape index (κ1) is 31.5. The minimum atomic E-state index is 0.667. The molecule has 9 aromatic carbocycles. The zero-order valence-electron chi connectivity index (χ0n) is 28.7. The number of anilines is 3. The van der Waals surface area contributed by atoms with E-state index in [-0.39, 0.29) is 0 Å². The van der Waals surface area contributed by atoms with Crippen molar-refractivity contribution in [1.29, 1.82) is 10.5 Å². The smallest absolute Gasteiger partial charge is 0.0991 e. The Hall–Kier alpha value is -7.46. The van der Waals surface area contributed by atoms with Gasteiger partial charge in [0.05, 0.1) is 23.3 Å². The molecular weight excluding hydrogens is 643 g/mol. The zero-order chi connectivity index (χ0) is 35.7. The highest BCUT2D eigenvalue weighted by Crippen LogP contribution is 2.38. The Morgan fingerprint density at radius 2 is 0.585 bits per heavy atom. The van der Waals surface area contributed by atoms with E-state index in [0.29, 0.717) is 11.1 Å². The summed E-state index contributed by atoms with van der Waals surface area (Å²) in [4.78, 5) is 2.30. The molecule has 0 spiro atoms. The van der Waals surface area contributed by atoms with Gasteiger partial charge in [-0.2, -0.15) is 10.5 Å². The number of rotatable bonds is 6. The highest BCUT2D eigenvalue weighted by atomic mass is 15.1. The summed E-state index contributed by atoms with van der Waals surface area (Å²) in [6.45, 7) is 0. The van der Waals surface area contributed by atoms with E-state index in [1.54, 1.807) is 0 Å². The van der Waals surface area contributed by atoms with Crippen LogP contribution < -0.4 is 4.90 Å². The Bertz CT molecular complexity index is 2750. The summed E-state index contributed by atoms with van der Waals surface area (Å²) < 4.78 is 0. The Balaban J connectivity index is 1.07. The van der Waals surface area contributed by atoms with Crippen molar-refractivity contribution in [2.75, 3.05) is 4.90 Å². The van der Waals surface area contributed by atoms with Crippen molar-refractivity contribution in [3.8, 4) is 45.5 Å². The summed E-state index contributed by atoms with van der Waals surface area (Å²) in [5.74, 6) is 0. The van der Waals surface area contributed by atoms with Crippen molar-refractivity contribution in [2.45, 2.75) is 0 Å². The molecule has 0 aliphatic carbocycles. The summed E-state index contributed by atoms with van der Waals surface area (Å²) in [5.41, 5.74) is 11.4. The summed E-state index contributed by atoms with van der Waals surface area (Å²) >= 11 is 0. The van der Waals surface area contributed by atoms with Gasteiger partial charge in [-0.25, -0.2) is 0 Å². The first-order chi connectivity index (χ1) is 26.1. The number of nitriles is 2. The van der Waals surface area contributed by atoms with Crippen LogP contribution in [0, 0.1) is 22.7 Å². The van der Waals surface area contributed by atoms with Gasteiger partial charge in [0.1, 0.15) is 0 Å². The van der Waals surface area contributed by atoms with Crippen molar-refractivity contribution in [2.24, 2.45) is 0 Å². The molecular formula is C50H31N3. The summed E-state index contributed by atoms with van der Waals surface area (Å²) in [7, 11) is 0. The molecule has 0 fully saturated rings. The van der Waals surface area contributed by atoms with Crippen LogP contribution in [-0.2, 0) is 0 Å². The van der Waals surface area contributed by atoms with Crippen LogP contribution in [0.1, 0.15) is 11.1 Å². The monoisotopic (exact) mass is 673 g/mol. The molecule has 3 nitrogen and oxygen atoms in total. The quantitative estimate of drug-likeness (QED) is 0.176. The third-order valence-electron chi connectivity index (χ3n) is 10.1. The number of hydrogen-bond donors (Lipinski definition) is 0. The molecule has 0 N–H and O–H groups in total. The fourth-order valence-electron chi connectivity index (χ4n) is 7.21. The summed E-state index contributed by atoms with van der Waals surface area (Å²) in [6.07, 6.45) is 0. The number of nitrogens with zero attached hydrogens (tertiary/aromatic N) is 3. The van der Waals surface area contributed by atoms with Crippen LogP contribution in [0.25, 0.3) is 65.7 Å². The van der Waals surface area contributed by atoms with E-state index >= 15 is 0 Å². The van der Waals surface area contributed by atoms with Gasteiger partial charge >= 0.3 is 0 Å². The second kappa shape index (κ2) is 13.3. The lowest BCUT2D eigenvalue weighted by Gasteiger charge is -2.26. The van der Waals surface area contributed by atoms with Gasteiger partial charge in [-0.1, -0.05) is 109 Å². The molecule has 0 bridgehead atoms. The molecule has 0 radical (unpaired) electrons. The van der Waals surface area contributed by atoms with E-state index < -0.39 is 0 Å². The standard InChI is InChI=1S/C50H31N3/c51-32-34-5-7-46-30-44(13-11-41(46)27-34)38-17-23-49(24-18-38)53(48-21-15-37(16-22-48)43-10-9-36-3-1-2-4-40(36)29-43)50-25-19-39(20-26-50)45-14-12-42-28-35(33-52)6-8-47(42)31-45/h1-31H. The second-order valence-electron chi connectivity index (χ2n) is 13.3. The van der Waals surface area contributed by atoms with Gasteiger partial charge in [0, 0.05) is 17.1 Å². The molecule has 0 aliphatic heterocycles. The molecule has 0 saturated carbocycles. The number of fused-ring (bicyclic) bond motifs is 3. The van der Waals surface area contributed by atoms with Crippen LogP contribution in [-0.4, -0.2) is 0 Å². The van der Waals surface area contributed by atoms with Gasteiger partial charge in [-0.15, -0.1) is 0 Å². The predicted molar refractivity (Wildman–Crippen MR) is 219 cm³/mol. The van der Waals surface area contributed by atoms with Gasteiger partial charge in [0.2, 0.25) is 0 Å². The molecule has 53 heavy (non-hydrogen) atoms. The van der Waals surface area contributed by atoms with Gasteiger partial charge in [-0.05, 0) is 145 Å². The maximum Gasteiger partial charge on any atom is 0.0991 e. The van der Waals surface area contributed by atoms with Crippen LogP contribution in [0.15, 0.2) is 188 Å². The van der Waals surface area contributed by atoms with Crippen molar-refractivity contribution in [1.82, 2.24) is 0 Å². The first-order valence-corrected chi connectivity index (χ1v) is 17.6. The molecule has 0 aromatic heterocycles. The predicted octanol–water partition coefficient (Wildman–Crippen LogP) is 13.4. The van der Waals surface area contributed by atoms with Gasteiger partial charge in [0.25, 0.3) is 0 Å². The highest BCUT2D eigenvalue weighted by molar-refractivity contribution is 5.91. The average Bonchev–Trinajstić information content (AvgIpc) is 3.23. The molecule has 0 heterocycles. The fraction of sp³-hybridized carbons (Fsp3) is 0. The highest BCUT2D eigenvalue weighted by Gasteiger charge is 2.14. The SMILES string of the molecule is N#Cc1ccc2cc(-c3ccc(N(c4ccc(-c5ccc6ccccc6c5)cc4)c4ccc(-c5ccc6cc(C#N)ccc6c5)cc4)cc3)ccc2c1. The minimum Gasteiger partial charge on any atom is -0.311 e. The van der Waals surface area contributed by atoms with Crippen molar-refractivity contribution >= 4 is 49.4 Å². The molecule has 0 atom stereocenters. The van der Waals surface area contributed by atoms with Gasteiger partial charge in [0.15, 0.2) is 0 Å². The Morgan fingerprint density at radius 1 is 0.283 bits per heavy atom. The molecule has 246 valence electrons. The van der Waals surface area contributed by atoms with E-state index in [1.165, 1.54) is 21.9 Å². The van der Waals surface area contributed by atoms with E-state index in [1.807, 2.05) is 36.4 Å². The van der Waals surface area contributed by atoms with Crippen molar-refractivity contribution in [3.05, 3.63) is 199 Å². The van der Waals surface area contributed by atoms with Gasteiger partial charge in [-0.3, -0.25) is 0 Å². The largest absolute Gasteiger partial charge is 0.311 e. The fourth-order valence-corrected chi connectivity index (χ4v) is 7.21. The molecule has 0 amide bonds. The molecule has 0 unspecified atom stereocenters. The third kappa shape index (κ3) is 6.14. The lowest BCUT2D eigenvalue weighted by Crippen LogP contribution is -2.09. The molecule has 0 saturated heterocycles. The van der Waals surface area contributed by atoms with E-state index in [2.05, 4.69) is 169 Å². The van der Waals surface area contributed by atoms with E-state index in [0.717, 1.165) is 60.9 Å². The maximum absolute atomic E-state index is 9.32. The number of benzene rings is 9. The van der Waals surface area contributed by atoms with Crippen LogP contribution in [0.2, 0.25) is 0 Å². The van der Waals surface area contributed by atoms with Crippen molar-refractivity contribution < 1.29 is 0 Å². The minimum absolute atomic E-state index is 0.667.